The molecule has 0 saturated carbocycles. The van der Waals surface area contributed by atoms with Gasteiger partial charge in [0.1, 0.15) is 16.6 Å². The van der Waals surface area contributed by atoms with Crippen LogP contribution in [0.2, 0.25) is 0 Å². The van der Waals surface area contributed by atoms with E-state index in [9.17, 15) is 9.18 Å². The molecule has 0 aliphatic heterocycles. The quantitative estimate of drug-likeness (QED) is 0.323. The van der Waals surface area contributed by atoms with Crippen molar-refractivity contribution in [1.29, 1.82) is 0 Å². The molecule has 0 N–H and O–H groups in total. The number of benzene rings is 2. The van der Waals surface area contributed by atoms with Gasteiger partial charge >= 0.3 is 5.97 Å². The standard InChI is InChI=1S/C22H20FNO3S/c1-26-20(13-21(25)27-2)19-6-4-3-5-15(19)9-12-18-14-28-22(24-18)16-7-10-17(23)11-8-16/h3-8,10-11,13-14H,9,12H2,1-2H3. The van der Waals surface area contributed by atoms with Crippen molar-refractivity contribution in [3.8, 4) is 10.6 Å². The third-order valence-corrected chi connectivity index (χ3v) is 5.19. The van der Waals surface area contributed by atoms with Crippen molar-refractivity contribution in [2.75, 3.05) is 14.2 Å². The van der Waals surface area contributed by atoms with E-state index in [4.69, 9.17) is 9.47 Å². The van der Waals surface area contributed by atoms with Gasteiger partial charge in [-0.05, 0) is 42.7 Å². The molecule has 1 heterocycles. The second-order valence-electron chi connectivity index (χ2n) is 6.04. The number of aryl methyl sites for hydroxylation is 2. The number of thiazole rings is 1. The van der Waals surface area contributed by atoms with Crippen LogP contribution in [0, 0.1) is 5.82 Å². The second kappa shape index (κ2) is 9.28. The Hall–Kier alpha value is -2.99. The normalized spacial score (nSPS) is 11.3. The van der Waals surface area contributed by atoms with Gasteiger partial charge in [-0.2, -0.15) is 0 Å². The molecule has 3 rings (SSSR count). The highest BCUT2D eigenvalue weighted by Crippen LogP contribution is 2.26. The topological polar surface area (TPSA) is 48.4 Å². The highest BCUT2D eigenvalue weighted by Gasteiger charge is 2.12. The lowest BCUT2D eigenvalue weighted by Crippen LogP contribution is -2.02. The smallest absolute Gasteiger partial charge is 0.334 e. The number of ether oxygens (including phenoxy) is 2. The maximum atomic E-state index is 13.1. The molecule has 6 heteroatoms. The lowest BCUT2D eigenvalue weighted by atomic mass is 10.0. The monoisotopic (exact) mass is 397 g/mol. The Bertz CT molecular complexity index is 979. The van der Waals surface area contributed by atoms with Crippen molar-refractivity contribution in [2.24, 2.45) is 0 Å². The van der Waals surface area contributed by atoms with Crippen molar-refractivity contribution >= 4 is 23.1 Å². The van der Waals surface area contributed by atoms with Crippen LogP contribution in [-0.2, 0) is 27.1 Å². The third-order valence-electron chi connectivity index (χ3n) is 4.25. The van der Waals surface area contributed by atoms with Crippen molar-refractivity contribution in [1.82, 2.24) is 4.98 Å². The van der Waals surface area contributed by atoms with Gasteiger partial charge in [0.2, 0.25) is 0 Å². The zero-order valence-corrected chi connectivity index (χ0v) is 16.5. The van der Waals surface area contributed by atoms with Gasteiger partial charge < -0.3 is 9.47 Å². The summed E-state index contributed by atoms with van der Waals surface area (Å²) in [5, 5.41) is 2.88. The number of hydrogen-bond acceptors (Lipinski definition) is 5. The van der Waals surface area contributed by atoms with E-state index in [1.807, 2.05) is 29.6 Å². The molecule has 28 heavy (non-hydrogen) atoms. The van der Waals surface area contributed by atoms with Crippen LogP contribution in [0.25, 0.3) is 16.3 Å². The molecule has 0 radical (unpaired) electrons. The first-order chi connectivity index (χ1) is 13.6. The number of hydrogen-bond donors (Lipinski definition) is 0. The van der Waals surface area contributed by atoms with Crippen LogP contribution >= 0.6 is 11.3 Å². The molecular weight excluding hydrogens is 377 g/mol. The lowest BCUT2D eigenvalue weighted by molar-refractivity contribution is -0.134. The summed E-state index contributed by atoms with van der Waals surface area (Å²) in [6, 6.07) is 14.1. The van der Waals surface area contributed by atoms with E-state index in [2.05, 4.69) is 4.98 Å². The number of methoxy groups -OCH3 is 2. The summed E-state index contributed by atoms with van der Waals surface area (Å²) in [5.74, 6) is -0.256. The van der Waals surface area contributed by atoms with Crippen LogP contribution in [-0.4, -0.2) is 25.2 Å². The SMILES string of the molecule is COC(=O)C=C(OC)c1ccccc1CCc1csc(-c2ccc(F)cc2)n1. The van der Waals surface area contributed by atoms with Gasteiger partial charge in [0.25, 0.3) is 0 Å². The fourth-order valence-corrected chi connectivity index (χ4v) is 3.66. The first-order valence-electron chi connectivity index (χ1n) is 8.73. The van der Waals surface area contributed by atoms with Gasteiger partial charge in [0.15, 0.2) is 0 Å². The molecule has 0 atom stereocenters. The number of carbonyl (C=O) groups excluding carboxylic acids is 1. The first-order valence-corrected chi connectivity index (χ1v) is 9.61. The molecule has 0 saturated heterocycles. The molecule has 0 fully saturated rings. The van der Waals surface area contributed by atoms with Gasteiger partial charge in [0.05, 0.1) is 26.0 Å². The number of halogens is 1. The fourth-order valence-electron chi connectivity index (χ4n) is 2.80. The van der Waals surface area contributed by atoms with Gasteiger partial charge in [-0.3, -0.25) is 0 Å². The minimum Gasteiger partial charge on any atom is -0.496 e. The maximum absolute atomic E-state index is 13.1. The van der Waals surface area contributed by atoms with Gasteiger partial charge in [-0.1, -0.05) is 24.3 Å². The molecule has 0 unspecified atom stereocenters. The molecule has 0 aliphatic rings. The van der Waals surface area contributed by atoms with Crippen molar-refractivity contribution < 1.29 is 18.7 Å². The highest BCUT2D eigenvalue weighted by atomic mass is 32.1. The Morgan fingerprint density at radius 2 is 1.82 bits per heavy atom. The molecule has 4 nitrogen and oxygen atoms in total. The average molecular weight is 397 g/mol. The Kier molecular flexibility index (Phi) is 6.55. The second-order valence-corrected chi connectivity index (χ2v) is 6.90. The van der Waals surface area contributed by atoms with E-state index in [1.54, 1.807) is 12.1 Å². The molecule has 1 aromatic heterocycles. The summed E-state index contributed by atoms with van der Waals surface area (Å²) in [7, 11) is 2.86. The summed E-state index contributed by atoms with van der Waals surface area (Å²) in [5.41, 5.74) is 3.77. The summed E-state index contributed by atoms with van der Waals surface area (Å²) < 4.78 is 23.2. The van der Waals surface area contributed by atoms with E-state index in [0.717, 1.165) is 40.2 Å². The van der Waals surface area contributed by atoms with Gasteiger partial charge in [-0.25, -0.2) is 14.2 Å². The third kappa shape index (κ3) is 4.84. The zero-order valence-electron chi connectivity index (χ0n) is 15.6. The summed E-state index contributed by atoms with van der Waals surface area (Å²) in [4.78, 5) is 16.3. The highest BCUT2D eigenvalue weighted by molar-refractivity contribution is 7.13. The van der Waals surface area contributed by atoms with E-state index in [1.165, 1.54) is 43.8 Å². The molecule has 0 aliphatic carbocycles. The maximum Gasteiger partial charge on any atom is 0.334 e. The average Bonchev–Trinajstić information content (AvgIpc) is 3.20. The van der Waals surface area contributed by atoms with Gasteiger partial charge in [-0.15, -0.1) is 11.3 Å². The predicted octanol–water partition coefficient (Wildman–Crippen LogP) is 4.89. The van der Waals surface area contributed by atoms with E-state index >= 15 is 0 Å². The number of carbonyl (C=O) groups is 1. The van der Waals surface area contributed by atoms with Crippen LogP contribution in [0.15, 0.2) is 60.0 Å². The van der Waals surface area contributed by atoms with Crippen LogP contribution in [0.3, 0.4) is 0 Å². The molecule has 0 bridgehead atoms. The molecule has 0 spiro atoms. The summed E-state index contributed by atoms with van der Waals surface area (Å²) in [6.45, 7) is 0. The molecule has 3 aromatic rings. The zero-order chi connectivity index (χ0) is 19.9. The Morgan fingerprint density at radius 1 is 1.07 bits per heavy atom. The van der Waals surface area contributed by atoms with E-state index in [0.29, 0.717) is 5.76 Å². The van der Waals surface area contributed by atoms with Gasteiger partial charge in [0, 0.05) is 16.5 Å². The van der Waals surface area contributed by atoms with Crippen LogP contribution in [0.4, 0.5) is 4.39 Å². The van der Waals surface area contributed by atoms with Crippen molar-refractivity contribution in [3.05, 3.63) is 82.6 Å². The minimum atomic E-state index is -0.463. The molecule has 144 valence electrons. The first kappa shape index (κ1) is 19.8. The molecule has 2 aromatic carbocycles. The number of esters is 1. The van der Waals surface area contributed by atoms with Crippen LogP contribution in [0.5, 0.6) is 0 Å². The Balaban J connectivity index is 1.76. The van der Waals surface area contributed by atoms with Crippen LogP contribution in [0.1, 0.15) is 16.8 Å². The fraction of sp³-hybridized carbons (Fsp3) is 0.182. The summed E-state index contributed by atoms with van der Waals surface area (Å²) >= 11 is 1.54. The van der Waals surface area contributed by atoms with E-state index < -0.39 is 5.97 Å². The molecule has 0 amide bonds. The minimum absolute atomic E-state index is 0.258. The molecular formula is C22H20FNO3S. The number of aromatic nitrogens is 1. The lowest BCUT2D eigenvalue weighted by Gasteiger charge is -2.11. The largest absolute Gasteiger partial charge is 0.496 e. The van der Waals surface area contributed by atoms with Crippen molar-refractivity contribution in [2.45, 2.75) is 12.8 Å². The number of rotatable bonds is 7. The Labute approximate surface area is 167 Å². The number of nitrogens with zero attached hydrogens (tertiary/aromatic N) is 1. The van der Waals surface area contributed by atoms with Crippen LogP contribution < -0.4 is 0 Å². The predicted molar refractivity (Wildman–Crippen MR) is 108 cm³/mol. The Morgan fingerprint density at radius 3 is 2.54 bits per heavy atom. The van der Waals surface area contributed by atoms with E-state index in [-0.39, 0.29) is 5.82 Å². The summed E-state index contributed by atoms with van der Waals surface area (Å²) in [6.07, 6.45) is 2.82. The van der Waals surface area contributed by atoms with Crippen molar-refractivity contribution in [3.63, 3.8) is 0 Å².